The smallest absolute Gasteiger partial charge is 0.245 e. The quantitative estimate of drug-likeness (QED) is 0.674. The van der Waals surface area contributed by atoms with Crippen molar-refractivity contribution in [1.29, 1.82) is 0 Å². The van der Waals surface area contributed by atoms with Crippen LogP contribution in [0.15, 0.2) is 12.7 Å². The van der Waals surface area contributed by atoms with Gasteiger partial charge in [0.1, 0.15) is 0 Å². The molecule has 4 saturated carbocycles. The van der Waals surface area contributed by atoms with Crippen LogP contribution < -0.4 is 0 Å². The van der Waals surface area contributed by atoms with Crippen LogP contribution in [0.1, 0.15) is 52.4 Å². The number of likely N-dealkylation sites (N-methyl/N-ethyl adjacent to an activating group) is 2. The largest absolute Gasteiger partial charge is 0.338 e. The molecule has 3 heteroatoms. The van der Waals surface area contributed by atoms with Crippen molar-refractivity contribution in [3.8, 4) is 0 Å². The van der Waals surface area contributed by atoms with Crippen molar-refractivity contribution in [2.75, 3.05) is 26.2 Å². The van der Waals surface area contributed by atoms with Crippen molar-refractivity contribution in [3.63, 3.8) is 0 Å². The standard InChI is InChI=1S/C19H32N2O/c1-4-18(22)20(5-2)7-8-21(6-3)19-12-15-9-16(13-19)11-17(10-15)14-19/h4,15-17H,1,5-14H2,2-3H3. The van der Waals surface area contributed by atoms with Crippen LogP contribution >= 0.6 is 0 Å². The minimum atomic E-state index is 0.0732. The Balaban J connectivity index is 1.66. The summed E-state index contributed by atoms with van der Waals surface area (Å²) >= 11 is 0. The van der Waals surface area contributed by atoms with Crippen molar-refractivity contribution in [3.05, 3.63) is 12.7 Å². The van der Waals surface area contributed by atoms with Gasteiger partial charge in [0.05, 0.1) is 0 Å². The van der Waals surface area contributed by atoms with Gasteiger partial charge in [0.2, 0.25) is 5.91 Å². The molecule has 0 N–H and O–H groups in total. The fourth-order valence-electron chi connectivity index (χ4n) is 5.98. The minimum absolute atomic E-state index is 0.0732. The van der Waals surface area contributed by atoms with Crippen LogP contribution in [-0.4, -0.2) is 47.4 Å². The molecule has 0 heterocycles. The van der Waals surface area contributed by atoms with Crippen LogP contribution in [-0.2, 0) is 4.79 Å². The maximum absolute atomic E-state index is 11.9. The van der Waals surface area contributed by atoms with E-state index in [2.05, 4.69) is 25.3 Å². The first-order valence-corrected chi connectivity index (χ1v) is 9.26. The van der Waals surface area contributed by atoms with Gasteiger partial charge in [0, 0.05) is 25.2 Å². The zero-order valence-corrected chi connectivity index (χ0v) is 14.4. The van der Waals surface area contributed by atoms with E-state index in [-0.39, 0.29) is 5.91 Å². The Hall–Kier alpha value is -0.830. The molecule has 0 radical (unpaired) electrons. The van der Waals surface area contributed by atoms with Crippen LogP contribution in [0.5, 0.6) is 0 Å². The van der Waals surface area contributed by atoms with Crippen molar-refractivity contribution in [2.45, 2.75) is 57.9 Å². The van der Waals surface area contributed by atoms with E-state index < -0.39 is 0 Å². The van der Waals surface area contributed by atoms with Gasteiger partial charge in [0.25, 0.3) is 0 Å². The molecular formula is C19H32N2O. The van der Waals surface area contributed by atoms with E-state index in [1.165, 1.54) is 44.6 Å². The Labute approximate surface area is 135 Å². The highest BCUT2D eigenvalue weighted by molar-refractivity contribution is 5.86. The third kappa shape index (κ3) is 2.84. The lowest BCUT2D eigenvalue weighted by Crippen LogP contribution is -2.61. The molecule has 1 amide bonds. The Morgan fingerprint density at radius 2 is 1.59 bits per heavy atom. The summed E-state index contributed by atoms with van der Waals surface area (Å²) < 4.78 is 0. The third-order valence-corrected chi connectivity index (χ3v) is 6.57. The Kier molecular flexibility index (Phi) is 4.63. The topological polar surface area (TPSA) is 23.6 Å². The summed E-state index contributed by atoms with van der Waals surface area (Å²) in [6.45, 7) is 11.7. The number of hydrogen-bond donors (Lipinski definition) is 0. The molecule has 0 aliphatic heterocycles. The normalized spacial score (nSPS) is 35.9. The van der Waals surface area contributed by atoms with E-state index in [9.17, 15) is 4.79 Å². The molecule has 4 fully saturated rings. The molecule has 0 spiro atoms. The van der Waals surface area contributed by atoms with Gasteiger partial charge < -0.3 is 4.90 Å². The third-order valence-electron chi connectivity index (χ3n) is 6.57. The second kappa shape index (κ2) is 6.35. The molecule has 0 saturated heterocycles. The molecule has 0 aromatic rings. The van der Waals surface area contributed by atoms with E-state index in [0.29, 0.717) is 5.54 Å². The fraction of sp³-hybridized carbons (Fsp3) is 0.842. The lowest BCUT2D eigenvalue weighted by atomic mass is 9.52. The maximum atomic E-state index is 11.9. The van der Waals surface area contributed by atoms with Gasteiger partial charge >= 0.3 is 0 Å². The minimum Gasteiger partial charge on any atom is -0.338 e. The summed E-state index contributed by atoms with van der Waals surface area (Å²) in [6, 6.07) is 0. The highest BCUT2D eigenvalue weighted by Crippen LogP contribution is 2.57. The number of nitrogens with zero attached hydrogens (tertiary/aromatic N) is 2. The van der Waals surface area contributed by atoms with E-state index >= 15 is 0 Å². The van der Waals surface area contributed by atoms with Crippen molar-refractivity contribution < 1.29 is 4.79 Å². The molecule has 0 unspecified atom stereocenters. The molecular weight excluding hydrogens is 272 g/mol. The maximum Gasteiger partial charge on any atom is 0.245 e. The van der Waals surface area contributed by atoms with Crippen molar-refractivity contribution in [1.82, 2.24) is 9.80 Å². The lowest BCUT2D eigenvalue weighted by Gasteiger charge is -2.60. The van der Waals surface area contributed by atoms with E-state index in [4.69, 9.17) is 0 Å². The monoisotopic (exact) mass is 304 g/mol. The Morgan fingerprint density at radius 1 is 1.05 bits per heavy atom. The van der Waals surface area contributed by atoms with Crippen LogP contribution in [0, 0.1) is 17.8 Å². The molecule has 22 heavy (non-hydrogen) atoms. The zero-order chi connectivity index (χ0) is 15.7. The van der Waals surface area contributed by atoms with Crippen LogP contribution in [0.4, 0.5) is 0 Å². The molecule has 4 aliphatic rings. The van der Waals surface area contributed by atoms with Gasteiger partial charge in [-0.25, -0.2) is 0 Å². The van der Waals surface area contributed by atoms with E-state index in [1.54, 1.807) is 0 Å². The number of rotatable bonds is 7. The molecule has 124 valence electrons. The van der Waals surface area contributed by atoms with Gasteiger partial charge in [-0.15, -0.1) is 0 Å². The molecule has 3 nitrogen and oxygen atoms in total. The van der Waals surface area contributed by atoms with Crippen LogP contribution in [0.3, 0.4) is 0 Å². The lowest BCUT2D eigenvalue weighted by molar-refractivity contribution is -0.127. The molecule has 4 rings (SSSR count). The molecule has 4 aliphatic carbocycles. The average Bonchev–Trinajstić information content (AvgIpc) is 2.49. The second-order valence-electron chi connectivity index (χ2n) is 7.84. The number of hydrogen-bond acceptors (Lipinski definition) is 2. The molecule has 0 atom stereocenters. The van der Waals surface area contributed by atoms with Crippen LogP contribution in [0.2, 0.25) is 0 Å². The highest BCUT2D eigenvalue weighted by atomic mass is 16.2. The SMILES string of the molecule is C=CC(=O)N(CC)CCN(CC)C12CC3CC(CC(C3)C1)C2. The molecule has 0 aromatic carbocycles. The fourth-order valence-corrected chi connectivity index (χ4v) is 5.98. The van der Waals surface area contributed by atoms with Gasteiger partial charge in [0.15, 0.2) is 0 Å². The van der Waals surface area contributed by atoms with Crippen molar-refractivity contribution >= 4 is 5.91 Å². The molecule has 0 aromatic heterocycles. The molecule has 4 bridgehead atoms. The first-order chi connectivity index (χ1) is 10.6. The predicted molar refractivity (Wildman–Crippen MR) is 90.6 cm³/mol. The summed E-state index contributed by atoms with van der Waals surface area (Å²) in [5.74, 6) is 3.02. The predicted octanol–water partition coefficient (Wildman–Crippen LogP) is 3.31. The highest BCUT2D eigenvalue weighted by Gasteiger charge is 2.52. The summed E-state index contributed by atoms with van der Waals surface area (Å²) in [6.07, 6.45) is 10.2. The summed E-state index contributed by atoms with van der Waals surface area (Å²) in [5, 5.41) is 0. The Bertz CT molecular complexity index is 396. The first kappa shape index (κ1) is 16.0. The summed E-state index contributed by atoms with van der Waals surface area (Å²) in [7, 11) is 0. The van der Waals surface area contributed by atoms with Gasteiger partial charge in [-0.3, -0.25) is 9.69 Å². The van der Waals surface area contributed by atoms with Gasteiger partial charge in [-0.2, -0.15) is 0 Å². The van der Waals surface area contributed by atoms with E-state index in [0.717, 1.165) is 43.9 Å². The van der Waals surface area contributed by atoms with Crippen LogP contribution in [0.25, 0.3) is 0 Å². The Morgan fingerprint density at radius 3 is 2.00 bits per heavy atom. The first-order valence-electron chi connectivity index (χ1n) is 9.26. The second-order valence-corrected chi connectivity index (χ2v) is 7.84. The number of carbonyl (C=O) groups is 1. The van der Waals surface area contributed by atoms with Gasteiger partial charge in [-0.05, 0) is 75.8 Å². The van der Waals surface area contributed by atoms with Gasteiger partial charge in [-0.1, -0.05) is 13.5 Å². The average molecular weight is 304 g/mol. The summed E-state index contributed by atoms with van der Waals surface area (Å²) in [4.78, 5) is 16.5. The van der Waals surface area contributed by atoms with E-state index in [1.807, 2.05) is 4.90 Å². The zero-order valence-electron chi connectivity index (χ0n) is 14.4. The number of amides is 1. The van der Waals surface area contributed by atoms with Crippen molar-refractivity contribution in [2.24, 2.45) is 17.8 Å². The number of carbonyl (C=O) groups excluding carboxylic acids is 1. The summed E-state index contributed by atoms with van der Waals surface area (Å²) in [5.41, 5.74) is 0.458.